The van der Waals surface area contributed by atoms with Crippen LogP contribution in [-0.4, -0.2) is 25.2 Å². The summed E-state index contributed by atoms with van der Waals surface area (Å²) in [5.41, 5.74) is 8.02. The van der Waals surface area contributed by atoms with E-state index in [9.17, 15) is 4.79 Å². The van der Waals surface area contributed by atoms with Crippen LogP contribution >= 0.6 is 0 Å². The summed E-state index contributed by atoms with van der Waals surface area (Å²) < 4.78 is 5.38. The molecule has 1 amide bonds. The molecule has 2 rings (SSSR count). The minimum absolute atomic E-state index is 0.101. The lowest BCUT2D eigenvalue weighted by molar-refractivity contribution is -0.123. The largest absolute Gasteiger partial charge is 0.381 e. The van der Waals surface area contributed by atoms with E-state index in [1.165, 1.54) is 0 Å². The van der Waals surface area contributed by atoms with Gasteiger partial charge in [0.25, 0.3) is 0 Å². The first kappa shape index (κ1) is 14.0. The number of carbonyl (C=O) groups excluding carboxylic acids is 1. The van der Waals surface area contributed by atoms with Crippen molar-refractivity contribution in [1.82, 2.24) is 5.32 Å². The van der Waals surface area contributed by atoms with Gasteiger partial charge >= 0.3 is 0 Å². The molecule has 1 heterocycles. The molecule has 0 spiro atoms. The minimum atomic E-state index is -0.593. The molecule has 1 aromatic rings. The monoisotopic (exact) mass is 262 g/mol. The zero-order valence-corrected chi connectivity index (χ0v) is 11.4. The van der Waals surface area contributed by atoms with Crippen LogP contribution in [0, 0.1) is 6.92 Å². The second kappa shape index (κ2) is 6.68. The molecule has 1 aliphatic rings. The van der Waals surface area contributed by atoms with Gasteiger partial charge in [0.05, 0.1) is 0 Å². The number of hydrogen-bond acceptors (Lipinski definition) is 3. The maximum Gasteiger partial charge on any atom is 0.241 e. The summed E-state index contributed by atoms with van der Waals surface area (Å²) in [6, 6.07) is 7.37. The van der Waals surface area contributed by atoms with Gasteiger partial charge in [-0.05, 0) is 31.7 Å². The summed E-state index contributed by atoms with van der Waals surface area (Å²) in [7, 11) is 0. The highest BCUT2D eigenvalue weighted by atomic mass is 16.5. The molecular weight excluding hydrogens is 240 g/mol. The first-order valence-electron chi connectivity index (χ1n) is 6.87. The summed E-state index contributed by atoms with van der Waals surface area (Å²) in [4.78, 5) is 12.1. The average Bonchev–Trinajstić information content (AvgIpc) is 2.67. The van der Waals surface area contributed by atoms with E-state index in [1.807, 2.05) is 31.2 Å². The molecule has 0 bridgehead atoms. The molecule has 0 radical (unpaired) electrons. The Kier molecular flexibility index (Phi) is 4.93. The molecule has 0 aromatic heterocycles. The molecule has 19 heavy (non-hydrogen) atoms. The van der Waals surface area contributed by atoms with Crippen LogP contribution in [0.5, 0.6) is 0 Å². The Hall–Kier alpha value is -1.39. The van der Waals surface area contributed by atoms with E-state index in [0.717, 1.165) is 37.0 Å². The molecule has 1 saturated heterocycles. The number of amides is 1. The number of hydrogen-bond donors (Lipinski definition) is 2. The Bertz CT molecular complexity index is 409. The quantitative estimate of drug-likeness (QED) is 0.871. The van der Waals surface area contributed by atoms with Gasteiger partial charge in [-0.15, -0.1) is 0 Å². The molecule has 1 fully saturated rings. The van der Waals surface area contributed by atoms with Crippen LogP contribution in [0.2, 0.25) is 0 Å². The summed E-state index contributed by atoms with van der Waals surface area (Å²) in [6.07, 6.45) is 2.82. The zero-order chi connectivity index (χ0) is 13.7. The zero-order valence-electron chi connectivity index (χ0n) is 11.4. The van der Waals surface area contributed by atoms with Gasteiger partial charge in [0.2, 0.25) is 5.91 Å². The summed E-state index contributed by atoms with van der Waals surface area (Å²) >= 11 is 0. The fourth-order valence-electron chi connectivity index (χ4n) is 2.26. The molecular formula is C15H22N2O2. The molecule has 3 N–H and O–H groups in total. The van der Waals surface area contributed by atoms with Crippen molar-refractivity contribution in [3.8, 4) is 0 Å². The van der Waals surface area contributed by atoms with Gasteiger partial charge in [-0.1, -0.05) is 29.8 Å². The van der Waals surface area contributed by atoms with E-state index < -0.39 is 6.04 Å². The first-order valence-corrected chi connectivity index (χ1v) is 6.87. The van der Waals surface area contributed by atoms with E-state index in [0.29, 0.717) is 6.61 Å². The summed E-state index contributed by atoms with van der Waals surface area (Å²) in [5, 5.41) is 3.03. The molecule has 4 heteroatoms. The van der Waals surface area contributed by atoms with Gasteiger partial charge in [0.15, 0.2) is 0 Å². The van der Waals surface area contributed by atoms with Crippen molar-refractivity contribution in [2.24, 2.45) is 5.73 Å². The van der Waals surface area contributed by atoms with Crippen molar-refractivity contribution in [3.05, 3.63) is 35.4 Å². The number of rotatable bonds is 3. The Morgan fingerprint density at radius 2 is 2.05 bits per heavy atom. The molecule has 1 aliphatic heterocycles. The van der Waals surface area contributed by atoms with Gasteiger partial charge in [0, 0.05) is 19.3 Å². The van der Waals surface area contributed by atoms with E-state index in [4.69, 9.17) is 10.5 Å². The normalized spacial score (nSPS) is 21.5. The van der Waals surface area contributed by atoms with Gasteiger partial charge in [0.1, 0.15) is 6.04 Å². The summed E-state index contributed by atoms with van der Waals surface area (Å²) in [6.45, 7) is 3.52. The Balaban J connectivity index is 1.93. The molecule has 2 unspecified atom stereocenters. The van der Waals surface area contributed by atoms with E-state index in [-0.39, 0.29) is 11.9 Å². The van der Waals surface area contributed by atoms with Crippen LogP contribution in [0.15, 0.2) is 24.3 Å². The van der Waals surface area contributed by atoms with Crippen LogP contribution in [0.4, 0.5) is 0 Å². The Labute approximate surface area is 114 Å². The van der Waals surface area contributed by atoms with Crippen molar-refractivity contribution < 1.29 is 9.53 Å². The highest BCUT2D eigenvalue weighted by Crippen LogP contribution is 2.14. The third kappa shape index (κ3) is 4.04. The predicted molar refractivity (Wildman–Crippen MR) is 74.7 cm³/mol. The summed E-state index contributed by atoms with van der Waals surface area (Å²) in [5.74, 6) is -0.101. The van der Waals surface area contributed by atoms with Crippen LogP contribution in [0.1, 0.15) is 36.4 Å². The topological polar surface area (TPSA) is 64.4 Å². The fourth-order valence-corrected chi connectivity index (χ4v) is 2.26. The maximum atomic E-state index is 12.1. The average molecular weight is 262 g/mol. The first-order chi connectivity index (χ1) is 9.16. The third-order valence-corrected chi connectivity index (χ3v) is 3.52. The lowest BCUT2D eigenvalue weighted by atomic mass is 10.0. The van der Waals surface area contributed by atoms with Gasteiger partial charge in [-0.2, -0.15) is 0 Å². The lowest BCUT2D eigenvalue weighted by Crippen LogP contribution is -2.41. The highest BCUT2D eigenvalue weighted by molar-refractivity contribution is 5.83. The number of carbonyl (C=O) groups is 1. The molecule has 0 aliphatic carbocycles. The lowest BCUT2D eigenvalue weighted by Gasteiger charge is -2.19. The molecule has 2 atom stereocenters. The third-order valence-electron chi connectivity index (χ3n) is 3.52. The SMILES string of the molecule is Cc1ccc(C(N)C(=O)NC2CCCOCC2)cc1. The van der Waals surface area contributed by atoms with Crippen LogP contribution in [-0.2, 0) is 9.53 Å². The van der Waals surface area contributed by atoms with Crippen molar-refractivity contribution in [2.45, 2.75) is 38.3 Å². The van der Waals surface area contributed by atoms with Gasteiger partial charge < -0.3 is 15.8 Å². The second-order valence-electron chi connectivity index (χ2n) is 5.14. The number of nitrogens with one attached hydrogen (secondary N) is 1. The maximum absolute atomic E-state index is 12.1. The molecule has 4 nitrogen and oxygen atoms in total. The van der Waals surface area contributed by atoms with Gasteiger partial charge in [-0.3, -0.25) is 4.79 Å². The standard InChI is InChI=1S/C15H22N2O2/c1-11-4-6-12(7-5-11)14(16)15(18)17-13-3-2-9-19-10-8-13/h4-7,13-14H,2-3,8-10,16H2,1H3,(H,17,18). The van der Waals surface area contributed by atoms with Crippen molar-refractivity contribution in [1.29, 1.82) is 0 Å². The minimum Gasteiger partial charge on any atom is -0.381 e. The van der Waals surface area contributed by atoms with E-state index in [2.05, 4.69) is 5.32 Å². The van der Waals surface area contributed by atoms with Crippen LogP contribution in [0.3, 0.4) is 0 Å². The molecule has 104 valence electrons. The van der Waals surface area contributed by atoms with E-state index in [1.54, 1.807) is 0 Å². The van der Waals surface area contributed by atoms with Crippen LogP contribution in [0.25, 0.3) is 0 Å². The molecule has 1 aromatic carbocycles. The van der Waals surface area contributed by atoms with Crippen molar-refractivity contribution >= 4 is 5.91 Å². The highest BCUT2D eigenvalue weighted by Gasteiger charge is 2.20. The number of ether oxygens (including phenoxy) is 1. The van der Waals surface area contributed by atoms with Gasteiger partial charge in [-0.25, -0.2) is 0 Å². The van der Waals surface area contributed by atoms with E-state index >= 15 is 0 Å². The molecule has 0 saturated carbocycles. The van der Waals surface area contributed by atoms with Crippen molar-refractivity contribution in [2.75, 3.05) is 13.2 Å². The van der Waals surface area contributed by atoms with Crippen molar-refractivity contribution in [3.63, 3.8) is 0 Å². The fraction of sp³-hybridized carbons (Fsp3) is 0.533. The second-order valence-corrected chi connectivity index (χ2v) is 5.14. The Morgan fingerprint density at radius 3 is 2.79 bits per heavy atom. The Morgan fingerprint density at radius 1 is 1.32 bits per heavy atom. The predicted octanol–water partition coefficient (Wildman–Crippen LogP) is 1.68. The van der Waals surface area contributed by atoms with Crippen LogP contribution < -0.4 is 11.1 Å². The number of benzene rings is 1. The smallest absolute Gasteiger partial charge is 0.241 e. The number of aryl methyl sites for hydroxylation is 1. The number of nitrogens with two attached hydrogens (primary N) is 1.